The monoisotopic (exact) mass is 286 g/mol. The van der Waals surface area contributed by atoms with E-state index < -0.39 is 5.97 Å². The maximum atomic E-state index is 11.3. The lowest BCUT2D eigenvalue weighted by molar-refractivity contribution is 0.0699. The van der Waals surface area contributed by atoms with Crippen molar-refractivity contribution in [3.8, 4) is 0 Å². The van der Waals surface area contributed by atoms with Gasteiger partial charge < -0.3 is 15.3 Å². The lowest BCUT2D eigenvalue weighted by Gasteiger charge is -2.19. The maximum absolute atomic E-state index is 11.3. The Hall–Kier alpha value is -2.07. The fourth-order valence-corrected chi connectivity index (χ4v) is 2.53. The van der Waals surface area contributed by atoms with Crippen LogP contribution in [-0.4, -0.2) is 42.2 Å². The van der Waals surface area contributed by atoms with Crippen LogP contribution in [0.3, 0.4) is 0 Å². The first-order chi connectivity index (χ1) is 10.2. The second kappa shape index (κ2) is 7.09. The summed E-state index contributed by atoms with van der Waals surface area (Å²) in [5.41, 5.74) is 1.34. The van der Waals surface area contributed by atoms with E-state index in [4.69, 9.17) is 0 Å². The van der Waals surface area contributed by atoms with Crippen molar-refractivity contribution < 1.29 is 9.90 Å². The summed E-state index contributed by atoms with van der Waals surface area (Å²) in [4.78, 5) is 13.6. The number of rotatable bonds is 7. The Balaban J connectivity index is 2.21. The summed E-state index contributed by atoms with van der Waals surface area (Å²) >= 11 is 0. The first-order valence-corrected chi connectivity index (χ1v) is 7.38. The highest BCUT2D eigenvalue weighted by atomic mass is 16.4. The normalized spacial score (nSPS) is 11.0. The van der Waals surface area contributed by atoms with Gasteiger partial charge in [0.15, 0.2) is 0 Å². The predicted molar refractivity (Wildman–Crippen MR) is 87.2 cm³/mol. The third-order valence-corrected chi connectivity index (χ3v) is 3.79. The highest BCUT2D eigenvalue weighted by Gasteiger charge is 2.10. The van der Waals surface area contributed by atoms with Crippen LogP contribution in [0.5, 0.6) is 0 Å². The van der Waals surface area contributed by atoms with Gasteiger partial charge in [-0.1, -0.05) is 38.1 Å². The van der Waals surface area contributed by atoms with Gasteiger partial charge in [-0.15, -0.1) is 0 Å². The van der Waals surface area contributed by atoms with Gasteiger partial charge in [0, 0.05) is 24.2 Å². The molecule has 0 spiro atoms. The summed E-state index contributed by atoms with van der Waals surface area (Å²) < 4.78 is 0. The number of aromatic carboxylic acids is 1. The van der Waals surface area contributed by atoms with Gasteiger partial charge in [0.1, 0.15) is 0 Å². The van der Waals surface area contributed by atoms with E-state index >= 15 is 0 Å². The minimum absolute atomic E-state index is 0.347. The first kappa shape index (κ1) is 15.3. The molecule has 0 saturated carbocycles. The molecule has 0 aliphatic heterocycles. The van der Waals surface area contributed by atoms with Crippen molar-refractivity contribution in [2.24, 2.45) is 0 Å². The van der Waals surface area contributed by atoms with Crippen molar-refractivity contribution in [1.29, 1.82) is 0 Å². The van der Waals surface area contributed by atoms with E-state index in [-0.39, 0.29) is 0 Å². The number of nitrogens with zero attached hydrogens (tertiary/aromatic N) is 1. The van der Waals surface area contributed by atoms with Gasteiger partial charge >= 0.3 is 5.97 Å². The maximum Gasteiger partial charge on any atom is 0.336 e. The summed E-state index contributed by atoms with van der Waals surface area (Å²) in [6.07, 6.45) is 0. The van der Waals surface area contributed by atoms with E-state index in [2.05, 4.69) is 24.1 Å². The number of fused-ring (bicyclic) bond motifs is 1. The summed E-state index contributed by atoms with van der Waals surface area (Å²) in [6.45, 7) is 8.20. The lowest BCUT2D eigenvalue weighted by Crippen LogP contribution is -2.28. The standard InChI is InChI=1S/C17H22N2O2/c1-3-19(4-2)12-11-18-16-10-9-15(17(20)21)13-7-5-6-8-14(13)16/h5-10,18H,3-4,11-12H2,1-2H3,(H,20,21). The van der Waals surface area contributed by atoms with E-state index in [1.54, 1.807) is 6.07 Å². The molecule has 0 unspecified atom stereocenters. The summed E-state index contributed by atoms with van der Waals surface area (Å²) in [6, 6.07) is 11.1. The number of carboxylic acids is 1. The fourth-order valence-electron chi connectivity index (χ4n) is 2.53. The Morgan fingerprint density at radius 2 is 1.76 bits per heavy atom. The number of benzene rings is 2. The summed E-state index contributed by atoms with van der Waals surface area (Å²) in [5, 5.41) is 14.4. The lowest BCUT2D eigenvalue weighted by atomic mass is 10.0. The molecule has 2 aromatic carbocycles. The average Bonchev–Trinajstić information content (AvgIpc) is 2.51. The molecule has 21 heavy (non-hydrogen) atoms. The highest BCUT2D eigenvalue weighted by molar-refractivity contribution is 6.07. The van der Waals surface area contributed by atoms with Gasteiger partial charge in [-0.3, -0.25) is 0 Å². The zero-order valence-electron chi connectivity index (χ0n) is 12.6. The summed E-state index contributed by atoms with van der Waals surface area (Å²) in [7, 11) is 0. The van der Waals surface area contributed by atoms with Crippen LogP contribution in [0.2, 0.25) is 0 Å². The van der Waals surface area contributed by atoms with Crippen molar-refractivity contribution in [2.75, 3.05) is 31.5 Å². The van der Waals surface area contributed by atoms with E-state index in [0.717, 1.165) is 42.6 Å². The number of carboxylic acid groups (broad SMARTS) is 1. The Kier molecular flexibility index (Phi) is 5.17. The van der Waals surface area contributed by atoms with E-state index in [1.807, 2.05) is 30.3 Å². The van der Waals surface area contributed by atoms with E-state index in [9.17, 15) is 9.90 Å². The minimum atomic E-state index is -0.888. The Bertz CT molecular complexity index is 621. The number of nitrogens with one attached hydrogen (secondary N) is 1. The van der Waals surface area contributed by atoms with Crippen molar-refractivity contribution >= 4 is 22.4 Å². The smallest absolute Gasteiger partial charge is 0.336 e. The van der Waals surface area contributed by atoms with Crippen LogP contribution in [0.25, 0.3) is 10.8 Å². The molecular weight excluding hydrogens is 264 g/mol. The van der Waals surface area contributed by atoms with E-state index in [0.29, 0.717) is 5.56 Å². The third-order valence-electron chi connectivity index (χ3n) is 3.79. The predicted octanol–water partition coefficient (Wildman–Crippen LogP) is 3.29. The largest absolute Gasteiger partial charge is 0.478 e. The minimum Gasteiger partial charge on any atom is -0.478 e. The Morgan fingerprint density at radius 1 is 1.10 bits per heavy atom. The van der Waals surface area contributed by atoms with E-state index in [1.165, 1.54) is 0 Å². The molecule has 4 heteroatoms. The van der Waals surface area contributed by atoms with Crippen molar-refractivity contribution in [3.05, 3.63) is 42.0 Å². The third kappa shape index (κ3) is 3.52. The number of carbonyl (C=O) groups is 1. The number of hydrogen-bond acceptors (Lipinski definition) is 3. The van der Waals surface area contributed by atoms with Crippen LogP contribution in [0.1, 0.15) is 24.2 Å². The molecule has 4 nitrogen and oxygen atoms in total. The van der Waals surface area contributed by atoms with Gasteiger partial charge in [-0.25, -0.2) is 4.79 Å². The molecule has 0 aliphatic rings. The molecule has 0 aliphatic carbocycles. The quantitative estimate of drug-likeness (QED) is 0.820. The van der Waals surface area contributed by atoms with Crippen LogP contribution in [0, 0.1) is 0 Å². The molecule has 0 atom stereocenters. The average molecular weight is 286 g/mol. The molecule has 0 heterocycles. The molecule has 2 N–H and O–H groups in total. The van der Waals surface area contributed by atoms with Gasteiger partial charge in [-0.05, 0) is 30.6 Å². The van der Waals surface area contributed by atoms with Crippen LogP contribution < -0.4 is 5.32 Å². The second-order valence-electron chi connectivity index (χ2n) is 4.97. The number of hydrogen-bond donors (Lipinski definition) is 2. The van der Waals surface area contributed by atoms with Crippen LogP contribution >= 0.6 is 0 Å². The topological polar surface area (TPSA) is 52.6 Å². The van der Waals surface area contributed by atoms with Gasteiger partial charge in [0.2, 0.25) is 0 Å². The van der Waals surface area contributed by atoms with Crippen molar-refractivity contribution in [2.45, 2.75) is 13.8 Å². The zero-order valence-corrected chi connectivity index (χ0v) is 12.6. The highest BCUT2D eigenvalue weighted by Crippen LogP contribution is 2.26. The van der Waals surface area contributed by atoms with Crippen LogP contribution in [0.15, 0.2) is 36.4 Å². The molecule has 0 saturated heterocycles. The number of likely N-dealkylation sites (N-methyl/N-ethyl adjacent to an activating group) is 1. The summed E-state index contributed by atoms with van der Waals surface area (Å²) in [5.74, 6) is -0.888. The SMILES string of the molecule is CCN(CC)CCNc1ccc(C(=O)O)c2ccccc12. The molecule has 0 aromatic heterocycles. The first-order valence-electron chi connectivity index (χ1n) is 7.38. The van der Waals surface area contributed by atoms with Gasteiger partial charge in [-0.2, -0.15) is 0 Å². The molecule has 0 amide bonds. The molecule has 0 radical (unpaired) electrons. The Morgan fingerprint density at radius 3 is 2.38 bits per heavy atom. The second-order valence-corrected chi connectivity index (χ2v) is 4.97. The van der Waals surface area contributed by atoms with Crippen molar-refractivity contribution in [3.63, 3.8) is 0 Å². The zero-order chi connectivity index (χ0) is 15.2. The fraction of sp³-hybridized carbons (Fsp3) is 0.353. The Labute approximate surface area is 125 Å². The molecular formula is C17H22N2O2. The number of anilines is 1. The molecule has 0 fully saturated rings. The van der Waals surface area contributed by atoms with Crippen molar-refractivity contribution in [1.82, 2.24) is 4.90 Å². The van der Waals surface area contributed by atoms with Crippen LogP contribution in [-0.2, 0) is 0 Å². The molecule has 112 valence electrons. The van der Waals surface area contributed by atoms with Gasteiger partial charge in [0.05, 0.1) is 5.56 Å². The van der Waals surface area contributed by atoms with Crippen LogP contribution in [0.4, 0.5) is 5.69 Å². The van der Waals surface area contributed by atoms with Gasteiger partial charge in [0.25, 0.3) is 0 Å². The molecule has 0 bridgehead atoms. The molecule has 2 rings (SSSR count). The molecule has 2 aromatic rings.